The number of hydrogen-bond acceptors (Lipinski definition) is 2. The average molecular weight is 512 g/mol. The minimum atomic E-state index is -0.426. The van der Waals surface area contributed by atoms with Crippen molar-refractivity contribution < 1.29 is 9.59 Å². The minimum absolute atomic E-state index is 0.139. The standard InChI is InChI=1S/C25H25IN2O2/c1-17(2)21-15-20(26)13-14-22(21)27-24(29)16-23(18-9-5-3-6-10-18)28-25(30)19-11-7-4-8-12-19/h3-15,17,23H,16H2,1-2H3,(H,27,29)(H,28,30)/t23-/m0/s1. The van der Waals surface area contributed by atoms with Crippen molar-refractivity contribution in [2.45, 2.75) is 32.2 Å². The molecule has 0 unspecified atom stereocenters. The van der Waals surface area contributed by atoms with Crippen molar-refractivity contribution in [2.75, 3.05) is 5.32 Å². The smallest absolute Gasteiger partial charge is 0.251 e. The van der Waals surface area contributed by atoms with Gasteiger partial charge in [0.1, 0.15) is 0 Å². The van der Waals surface area contributed by atoms with E-state index < -0.39 is 6.04 Å². The number of carbonyl (C=O) groups excluding carboxylic acids is 2. The summed E-state index contributed by atoms with van der Waals surface area (Å²) in [6.07, 6.45) is 0.145. The van der Waals surface area contributed by atoms with E-state index in [9.17, 15) is 9.59 Å². The van der Waals surface area contributed by atoms with Crippen LogP contribution >= 0.6 is 22.6 Å². The van der Waals surface area contributed by atoms with E-state index in [-0.39, 0.29) is 24.2 Å². The molecule has 154 valence electrons. The Morgan fingerprint density at radius 3 is 2.17 bits per heavy atom. The van der Waals surface area contributed by atoms with Crippen molar-refractivity contribution in [1.29, 1.82) is 0 Å². The lowest BCUT2D eigenvalue weighted by Crippen LogP contribution is -2.31. The molecule has 3 aromatic carbocycles. The topological polar surface area (TPSA) is 58.2 Å². The number of hydrogen-bond donors (Lipinski definition) is 2. The number of amides is 2. The van der Waals surface area contributed by atoms with Gasteiger partial charge in [-0.25, -0.2) is 0 Å². The first-order valence-corrected chi connectivity index (χ1v) is 11.0. The second kappa shape index (κ2) is 10.4. The summed E-state index contributed by atoms with van der Waals surface area (Å²) in [5.74, 6) is -0.0487. The Bertz CT molecular complexity index is 1000. The Balaban J connectivity index is 1.78. The van der Waals surface area contributed by atoms with Crippen LogP contribution in [0.15, 0.2) is 78.9 Å². The number of rotatable bonds is 7. The largest absolute Gasteiger partial charge is 0.345 e. The highest BCUT2D eigenvalue weighted by Crippen LogP contribution is 2.27. The zero-order valence-electron chi connectivity index (χ0n) is 17.1. The van der Waals surface area contributed by atoms with Gasteiger partial charge in [0.25, 0.3) is 5.91 Å². The van der Waals surface area contributed by atoms with Crippen LogP contribution in [-0.2, 0) is 4.79 Å². The normalized spacial score (nSPS) is 11.7. The Morgan fingerprint density at radius 1 is 0.900 bits per heavy atom. The molecule has 4 nitrogen and oxygen atoms in total. The van der Waals surface area contributed by atoms with Crippen molar-refractivity contribution in [3.05, 3.63) is 99.1 Å². The molecule has 0 bridgehead atoms. The molecule has 0 aliphatic carbocycles. The summed E-state index contributed by atoms with van der Waals surface area (Å²) in [5.41, 5.74) is 3.37. The van der Waals surface area contributed by atoms with Gasteiger partial charge < -0.3 is 10.6 Å². The Hall–Kier alpha value is -2.67. The molecule has 0 aliphatic rings. The molecule has 0 saturated carbocycles. The Morgan fingerprint density at radius 2 is 1.53 bits per heavy atom. The molecular formula is C25H25IN2O2. The highest BCUT2D eigenvalue weighted by molar-refractivity contribution is 14.1. The fraction of sp³-hybridized carbons (Fsp3) is 0.200. The van der Waals surface area contributed by atoms with E-state index in [1.165, 1.54) is 0 Å². The average Bonchev–Trinajstić information content (AvgIpc) is 2.75. The van der Waals surface area contributed by atoms with Crippen LogP contribution in [0.1, 0.15) is 53.7 Å². The number of carbonyl (C=O) groups is 2. The first-order valence-electron chi connectivity index (χ1n) is 9.94. The van der Waals surface area contributed by atoms with Crippen LogP contribution < -0.4 is 10.6 Å². The third-order valence-electron chi connectivity index (χ3n) is 4.84. The molecule has 0 heterocycles. The molecule has 2 amide bonds. The predicted octanol–water partition coefficient (Wildman–Crippen LogP) is 5.91. The van der Waals surface area contributed by atoms with Crippen LogP contribution in [0.4, 0.5) is 5.69 Å². The van der Waals surface area contributed by atoms with E-state index in [1.807, 2.05) is 60.7 Å². The van der Waals surface area contributed by atoms with Gasteiger partial charge >= 0.3 is 0 Å². The van der Waals surface area contributed by atoms with Crippen LogP contribution in [-0.4, -0.2) is 11.8 Å². The summed E-state index contributed by atoms with van der Waals surface area (Å²) in [6.45, 7) is 4.21. The van der Waals surface area contributed by atoms with Gasteiger partial charge in [-0.05, 0) is 70.0 Å². The predicted molar refractivity (Wildman–Crippen MR) is 130 cm³/mol. The summed E-state index contributed by atoms with van der Waals surface area (Å²) in [6, 6.07) is 24.2. The van der Waals surface area contributed by atoms with Crippen molar-refractivity contribution in [3.63, 3.8) is 0 Å². The van der Waals surface area contributed by atoms with Gasteiger partial charge in [-0.2, -0.15) is 0 Å². The molecule has 0 saturated heterocycles. The number of nitrogens with one attached hydrogen (secondary N) is 2. The van der Waals surface area contributed by atoms with Gasteiger partial charge in [0, 0.05) is 14.8 Å². The van der Waals surface area contributed by atoms with Gasteiger partial charge in [-0.3, -0.25) is 9.59 Å². The van der Waals surface area contributed by atoms with Crippen molar-refractivity contribution in [2.24, 2.45) is 0 Å². The van der Waals surface area contributed by atoms with Gasteiger partial charge in [-0.1, -0.05) is 62.4 Å². The minimum Gasteiger partial charge on any atom is -0.345 e. The molecule has 5 heteroatoms. The van der Waals surface area contributed by atoms with Gasteiger partial charge in [-0.15, -0.1) is 0 Å². The van der Waals surface area contributed by atoms with Crippen LogP contribution in [0, 0.1) is 3.57 Å². The quantitative estimate of drug-likeness (QED) is 0.387. The molecule has 0 radical (unpaired) electrons. The first kappa shape index (κ1) is 22.0. The molecule has 0 aromatic heterocycles. The maximum absolute atomic E-state index is 12.9. The lowest BCUT2D eigenvalue weighted by molar-refractivity contribution is -0.116. The highest BCUT2D eigenvalue weighted by Gasteiger charge is 2.20. The van der Waals surface area contributed by atoms with Gasteiger partial charge in [0.15, 0.2) is 0 Å². The number of benzene rings is 3. The third-order valence-corrected chi connectivity index (χ3v) is 5.51. The summed E-state index contributed by atoms with van der Waals surface area (Å²) in [5, 5.41) is 6.05. The van der Waals surface area contributed by atoms with Gasteiger partial charge in [0.2, 0.25) is 5.91 Å². The fourth-order valence-corrected chi connectivity index (χ4v) is 3.80. The van der Waals surface area contributed by atoms with E-state index in [1.54, 1.807) is 12.1 Å². The lowest BCUT2D eigenvalue weighted by atomic mass is 10.00. The highest BCUT2D eigenvalue weighted by atomic mass is 127. The molecule has 0 fully saturated rings. The van der Waals surface area contributed by atoms with Crippen molar-refractivity contribution >= 4 is 40.1 Å². The van der Waals surface area contributed by atoms with Crippen LogP contribution in [0.5, 0.6) is 0 Å². The maximum atomic E-state index is 12.9. The molecule has 0 spiro atoms. The molecule has 1 atom stereocenters. The molecule has 2 N–H and O–H groups in total. The second-order valence-corrected chi connectivity index (χ2v) is 8.69. The molecule has 3 aromatic rings. The summed E-state index contributed by atoms with van der Waals surface area (Å²) in [7, 11) is 0. The van der Waals surface area contributed by atoms with Crippen LogP contribution in [0.25, 0.3) is 0 Å². The van der Waals surface area contributed by atoms with Crippen molar-refractivity contribution in [1.82, 2.24) is 5.32 Å². The van der Waals surface area contributed by atoms with E-state index in [0.717, 1.165) is 20.4 Å². The Labute approximate surface area is 191 Å². The zero-order chi connectivity index (χ0) is 21.5. The van der Waals surface area contributed by atoms with Crippen molar-refractivity contribution in [3.8, 4) is 0 Å². The summed E-state index contributed by atoms with van der Waals surface area (Å²) >= 11 is 2.28. The Kier molecular flexibility index (Phi) is 7.63. The van der Waals surface area contributed by atoms with Crippen LogP contribution in [0.3, 0.4) is 0 Å². The first-order chi connectivity index (χ1) is 14.4. The monoisotopic (exact) mass is 512 g/mol. The number of halogens is 1. The van der Waals surface area contributed by atoms with E-state index >= 15 is 0 Å². The second-order valence-electron chi connectivity index (χ2n) is 7.44. The molecule has 30 heavy (non-hydrogen) atoms. The summed E-state index contributed by atoms with van der Waals surface area (Å²) in [4.78, 5) is 25.6. The number of anilines is 1. The molecule has 0 aliphatic heterocycles. The van der Waals surface area contributed by atoms with E-state index in [2.05, 4.69) is 53.1 Å². The van der Waals surface area contributed by atoms with E-state index in [4.69, 9.17) is 0 Å². The molecule has 3 rings (SSSR count). The fourth-order valence-electron chi connectivity index (χ4n) is 3.28. The maximum Gasteiger partial charge on any atom is 0.251 e. The SMILES string of the molecule is CC(C)c1cc(I)ccc1NC(=O)C[C@H](NC(=O)c1ccccc1)c1ccccc1. The lowest BCUT2D eigenvalue weighted by Gasteiger charge is -2.20. The molecular weight excluding hydrogens is 487 g/mol. The van der Waals surface area contributed by atoms with E-state index in [0.29, 0.717) is 5.56 Å². The van der Waals surface area contributed by atoms with Crippen LogP contribution in [0.2, 0.25) is 0 Å². The zero-order valence-corrected chi connectivity index (χ0v) is 19.2. The third kappa shape index (κ3) is 5.92. The van der Waals surface area contributed by atoms with Gasteiger partial charge in [0.05, 0.1) is 12.5 Å². The summed E-state index contributed by atoms with van der Waals surface area (Å²) < 4.78 is 1.13.